The maximum atomic E-state index is 13.0. The third-order valence-electron chi connectivity index (χ3n) is 4.17. The maximum Gasteiger partial charge on any atom is 0.416 e. The number of benzene rings is 1. The zero-order valence-corrected chi connectivity index (χ0v) is 13.3. The molecule has 1 aromatic carbocycles. The second-order valence-corrected chi connectivity index (χ2v) is 6.12. The molecule has 1 aromatic rings. The molecule has 8 heteroatoms. The van der Waals surface area contributed by atoms with Crippen molar-refractivity contribution < 1.29 is 22.8 Å². The Bertz CT molecular complexity index is 638. The number of nitrogens with one attached hydrogen (secondary N) is 2. The number of carbonyl (C=O) groups excluding carboxylic acids is 2. The van der Waals surface area contributed by atoms with Crippen molar-refractivity contribution in [2.45, 2.75) is 44.3 Å². The maximum absolute atomic E-state index is 13.0. The van der Waals surface area contributed by atoms with E-state index in [1.807, 2.05) is 0 Å². The summed E-state index contributed by atoms with van der Waals surface area (Å²) >= 11 is 0. The molecular weight excluding hydrogens is 323 g/mol. The van der Waals surface area contributed by atoms with Crippen molar-refractivity contribution in [2.24, 2.45) is 5.73 Å². The highest BCUT2D eigenvalue weighted by molar-refractivity contribution is 5.97. The van der Waals surface area contributed by atoms with Crippen LogP contribution in [0.25, 0.3) is 0 Å². The number of amides is 2. The Labute approximate surface area is 137 Å². The van der Waals surface area contributed by atoms with Crippen LogP contribution >= 0.6 is 0 Å². The molecule has 0 atom stereocenters. The van der Waals surface area contributed by atoms with Gasteiger partial charge < -0.3 is 16.4 Å². The Kier molecular flexibility index (Phi) is 5.17. The molecule has 0 radical (unpaired) electrons. The first-order valence-electron chi connectivity index (χ1n) is 7.68. The molecule has 0 spiro atoms. The molecule has 4 N–H and O–H groups in total. The van der Waals surface area contributed by atoms with Crippen LogP contribution < -0.4 is 16.4 Å². The van der Waals surface area contributed by atoms with Gasteiger partial charge in [-0.2, -0.15) is 13.2 Å². The van der Waals surface area contributed by atoms with Gasteiger partial charge in [0.15, 0.2) is 0 Å². The van der Waals surface area contributed by atoms with E-state index in [2.05, 4.69) is 10.6 Å². The fourth-order valence-electron chi connectivity index (χ4n) is 2.94. The van der Waals surface area contributed by atoms with Crippen molar-refractivity contribution >= 4 is 17.5 Å². The van der Waals surface area contributed by atoms with E-state index in [-0.39, 0.29) is 17.8 Å². The summed E-state index contributed by atoms with van der Waals surface area (Å²) in [5.74, 6) is -1.14. The SMILES string of the molecule is CC(=O)Nc1cc(C(=O)NC2(CN)CCCC2)cc(C(F)(F)F)c1. The van der Waals surface area contributed by atoms with Gasteiger partial charge in [-0.1, -0.05) is 12.8 Å². The Balaban J connectivity index is 2.33. The van der Waals surface area contributed by atoms with Crippen LogP contribution in [0.5, 0.6) is 0 Å². The van der Waals surface area contributed by atoms with E-state index in [1.165, 1.54) is 13.0 Å². The molecule has 132 valence electrons. The lowest BCUT2D eigenvalue weighted by Gasteiger charge is -2.29. The zero-order chi connectivity index (χ0) is 18.0. The van der Waals surface area contributed by atoms with Crippen LogP contribution in [0, 0.1) is 0 Å². The molecule has 2 rings (SSSR count). The largest absolute Gasteiger partial charge is 0.416 e. The minimum atomic E-state index is -4.62. The Hall–Kier alpha value is -2.09. The molecule has 0 aromatic heterocycles. The van der Waals surface area contributed by atoms with Crippen molar-refractivity contribution in [1.82, 2.24) is 5.32 Å². The number of halogens is 3. The van der Waals surface area contributed by atoms with Crippen LogP contribution in [0.4, 0.5) is 18.9 Å². The molecule has 2 amide bonds. The summed E-state index contributed by atoms with van der Waals surface area (Å²) in [5, 5.41) is 5.06. The third-order valence-corrected chi connectivity index (χ3v) is 4.17. The first-order valence-corrected chi connectivity index (χ1v) is 7.68. The van der Waals surface area contributed by atoms with Gasteiger partial charge in [0.1, 0.15) is 0 Å². The third kappa shape index (κ3) is 4.25. The lowest BCUT2D eigenvalue weighted by molar-refractivity contribution is -0.137. The van der Waals surface area contributed by atoms with E-state index >= 15 is 0 Å². The smallest absolute Gasteiger partial charge is 0.345 e. The van der Waals surface area contributed by atoms with E-state index < -0.39 is 29.1 Å². The number of rotatable bonds is 4. The molecule has 0 heterocycles. The molecule has 24 heavy (non-hydrogen) atoms. The van der Waals surface area contributed by atoms with E-state index in [0.29, 0.717) is 12.8 Å². The van der Waals surface area contributed by atoms with Crippen LogP contribution in [-0.2, 0) is 11.0 Å². The molecule has 1 fully saturated rings. The fourth-order valence-corrected chi connectivity index (χ4v) is 2.94. The molecule has 0 bridgehead atoms. The van der Waals surface area contributed by atoms with E-state index in [9.17, 15) is 22.8 Å². The van der Waals surface area contributed by atoms with Crippen LogP contribution in [0.1, 0.15) is 48.5 Å². The molecular formula is C16H20F3N3O2. The van der Waals surface area contributed by atoms with Crippen LogP contribution in [0.2, 0.25) is 0 Å². The summed E-state index contributed by atoms with van der Waals surface area (Å²) < 4.78 is 39.1. The van der Waals surface area contributed by atoms with Gasteiger partial charge in [0.2, 0.25) is 5.91 Å². The van der Waals surface area contributed by atoms with Gasteiger partial charge in [0.05, 0.1) is 11.1 Å². The lowest BCUT2D eigenvalue weighted by atomic mass is 9.97. The van der Waals surface area contributed by atoms with Crippen LogP contribution in [0.3, 0.4) is 0 Å². The first-order chi connectivity index (χ1) is 11.1. The number of hydrogen-bond acceptors (Lipinski definition) is 3. The van der Waals surface area contributed by atoms with Gasteiger partial charge >= 0.3 is 6.18 Å². The molecule has 1 aliphatic carbocycles. The summed E-state index contributed by atoms with van der Waals surface area (Å²) in [5.41, 5.74) is 3.94. The van der Waals surface area contributed by atoms with Crippen LogP contribution in [-0.4, -0.2) is 23.9 Å². The number of carbonyl (C=O) groups is 2. The molecule has 0 aliphatic heterocycles. The highest BCUT2D eigenvalue weighted by Gasteiger charge is 2.35. The topological polar surface area (TPSA) is 84.2 Å². The second kappa shape index (κ2) is 6.80. The van der Waals surface area contributed by atoms with Crippen molar-refractivity contribution in [3.63, 3.8) is 0 Å². The average Bonchev–Trinajstić information content (AvgIpc) is 2.94. The zero-order valence-electron chi connectivity index (χ0n) is 13.3. The second-order valence-electron chi connectivity index (χ2n) is 6.12. The molecule has 1 saturated carbocycles. The van der Waals surface area contributed by atoms with Crippen molar-refractivity contribution in [1.29, 1.82) is 0 Å². The van der Waals surface area contributed by atoms with Gasteiger partial charge in [-0.25, -0.2) is 0 Å². The molecule has 0 saturated heterocycles. The van der Waals surface area contributed by atoms with Gasteiger partial charge in [0.25, 0.3) is 5.91 Å². The minimum absolute atomic E-state index is 0.0734. The predicted molar refractivity (Wildman–Crippen MR) is 83.5 cm³/mol. The van der Waals surface area contributed by atoms with Gasteiger partial charge in [0, 0.05) is 24.7 Å². The Morgan fingerprint density at radius 1 is 1.21 bits per heavy atom. The van der Waals surface area contributed by atoms with E-state index in [1.54, 1.807) is 0 Å². The lowest BCUT2D eigenvalue weighted by Crippen LogP contribution is -2.51. The Morgan fingerprint density at radius 3 is 2.33 bits per heavy atom. The summed E-state index contributed by atoms with van der Waals surface area (Å²) in [7, 11) is 0. The molecule has 0 unspecified atom stereocenters. The number of alkyl halides is 3. The number of anilines is 1. The summed E-state index contributed by atoms with van der Waals surface area (Å²) in [6.07, 6.45) is -1.39. The van der Waals surface area contributed by atoms with E-state index in [4.69, 9.17) is 5.73 Å². The molecule has 1 aliphatic rings. The van der Waals surface area contributed by atoms with Crippen molar-refractivity contribution in [2.75, 3.05) is 11.9 Å². The predicted octanol–water partition coefficient (Wildman–Crippen LogP) is 2.67. The van der Waals surface area contributed by atoms with Gasteiger partial charge in [-0.05, 0) is 31.0 Å². The standard InChI is InChI=1S/C16H20F3N3O2/c1-10(23)21-13-7-11(6-12(8-13)16(17,18)19)14(24)22-15(9-20)4-2-3-5-15/h6-8H,2-5,9,20H2,1H3,(H,21,23)(H,22,24). The highest BCUT2D eigenvalue weighted by Crippen LogP contribution is 2.33. The molecule has 5 nitrogen and oxygen atoms in total. The fraction of sp³-hybridized carbons (Fsp3) is 0.500. The normalized spacial score (nSPS) is 16.7. The summed E-state index contributed by atoms with van der Waals surface area (Å²) in [6, 6.07) is 2.80. The van der Waals surface area contributed by atoms with Crippen LogP contribution in [0.15, 0.2) is 18.2 Å². The van der Waals surface area contributed by atoms with Gasteiger partial charge in [-0.15, -0.1) is 0 Å². The van der Waals surface area contributed by atoms with E-state index in [0.717, 1.165) is 25.0 Å². The monoisotopic (exact) mass is 343 g/mol. The number of nitrogens with two attached hydrogens (primary N) is 1. The summed E-state index contributed by atoms with van der Waals surface area (Å²) in [4.78, 5) is 23.6. The number of hydrogen-bond donors (Lipinski definition) is 3. The quantitative estimate of drug-likeness (QED) is 0.786. The first kappa shape index (κ1) is 18.3. The highest BCUT2D eigenvalue weighted by atomic mass is 19.4. The van der Waals surface area contributed by atoms with Gasteiger partial charge in [-0.3, -0.25) is 9.59 Å². The minimum Gasteiger partial charge on any atom is -0.345 e. The summed E-state index contributed by atoms with van der Waals surface area (Å²) in [6.45, 7) is 1.41. The van der Waals surface area contributed by atoms with Crippen molar-refractivity contribution in [3.8, 4) is 0 Å². The van der Waals surface area contributed by atoms with Crippen molar-refractivity contribution in [3.05, 3.63) is 29.3 Å². The Morgan fingerprint density at radius 2 is 1.83 bits per heavy atom. The average molecular weight is 343 g/mol.